The monoisotopic (exact) mass is 605 g/mol. The molecular weight excluding hydrogens is 528 g/mol. The van der Waals surface area contributed by atoms with Gasteiger partial charge < -0.3 is 0 Å². The van der Waals surface area contributed by atoms with E-state index in [1.807, 2.05) is 0 Å². The van der Waals surface area contributed by atoms with Gasteiger partial charge in [0.25, 0.3) is 0 Å². The SMILES string of the molecule is C1CCCC2CCC3CCC4CC5CCC6C(CCCCC7CCCCCCC76)CCC5CCCC4CCC3CCC2CC1. The quantitative estimate of drug-likeness (QED) is 0.258. The molecule has 0 amide bonds. The first kappa shape index (κ1) is 32.5. The molecule has 0 N–H and O–H groups in total. The molecule has 7 fully saturated rings. The molecule has 0 nitrogen and oxygen atoms in total. The molecule has 12 unspecified atom stereocenters. The third-order valence-electron chi connectivity index (χ3n) is 16.8. The fourth-order valence-electron chi connectivity index (χ4n) is 14.2. The summed E-state index contributed by atoms with van der Waals surface area (Å²) in [5, 5.41) is 0. The van der Waals surface area contributed by atoms with Gasteiger partial charge >= 0.3 is 0 Å². The van der Waals surface area contributed by atoms with E-state index in [4.69, 9.17) is 0 Å². The predicted octanol–water partition coefficient (Wildman–Crippen LogP) is 14.0. The second-order valence-corrected chi connectivity index (χ2v) is 18.8. The van der Waals surface area contributed by atoms with Gasteiger partial charge in [0.2, 0.25) is 0 Å². The number of fused-ring (bicyclic) bond motifs is 7. The van der Waals surface area contributed by atoms with Crippen molar-refractivity contribution in [2.45, 2.75) is 205 Å². The van der Waals surface area contributed by atoms with E-state index in [2.05, 4.69) is 0 Å². The van der Waals surface area contributed by atoms with Gasteiger partial charge in [0.05, 0.1) is 0 Å². The van der Waals surface area contributed by atoms with Crippen LogP contribution in [0.15, 0.2) is 0 Å². The minimum atomic E-state index is 1.09. The van der Waals surface area contributed by atoms with Crippen molar-refractivity contribution in [3.8, 4) is 0 Å². The lowest BCUT2D eigenvalue weighted by atomic mass is 9.59. The van der Waals surface area contributed by atoms with Crippen molar-refractivity contribution in [3.63, 3.8) is 0 Å². The van der Waals surface area contributed by atoms with E-state index >= 15 is 0 Å². The molecular formula is C44H76. The smallest absolute Gasteiger partial charge is 0.0355 e. The lowest BCUT2D eigenvalue weighted by molar-refractivity contribution is 0.0416. The summed E-state index contributed by atoms with van der Waals surface area (Å²) >= 11 is 0. The summed E-state index contributed by atoms with van der Waals surface area (Å²) in [7, 11) is 0. The summed E-state index contributed by atoms with van der Waals surface area (Å²) in [4.78, 5) is 0. The van der Waals surface area contributed by atoms with Crippen LogP contribution in [0.4, 0.5) is 0 Å². The second-order valence-electron chi connectivity index (χ2n) is 18.8. The molecule has 7 aliphatic carbocycles. The van der Waals surface area contributed by atoms with Crippen molar-refractivity contribution < 1.29 is 0 Å². The molecule has 0 bridgehead atoms. The average molecular weight is 605 g/mol. The van der Waals surface area contributed by atoms with Gasteiger partial charge in [-0.25, -0.2) is 0 Å². The van der Waals surface area contributed by atoms with E-state index in [1.165, 1.54) is 25.7 Å². The van der Waals surface area contributed by atoms with Crippen LogP contribution in [-0.4, -0.2) is 0 Å². The molecule has 0 aromatic heterocycles. The first-order chi connectivity index (χ1) is 21.8. The molecule has 0 radical (unpaired) electrons. The van der Waals surface area contributed by atoms with E-state index in [-0.39, 0.29) is 0 Å². The van der Waals surface area contributed by atoms with Crippen molar-refractivity contribution in [2.24, 2.45) is 71.0 Å². The van der Waals surface area contributed by atoms with Crippen LogP contribution in [-0.2, 0) is 0 Å². The summed E-state index contributed by atoms with van der Waals surface area (Å²) in [5.41, 5.74) is 0. The van der Waals surface area contributed by atoms with Crippen molar-refractivity contribution in [1.82, 2.24) is 0 Å². The van der Waals surface area contributed by atoms with Crippen molar-refractivity contribution in [2.75, 3.05) is 0 Å². The Balaban J connectivity index is 1.01. The summed E-state index contributed by atoms with van der Waals surface area (Å²) in [6.45, 7) is 0. The average Bonchev–Trinajstić information content (AvgIpc) is 2.97. The van der Waals surface area contributed by atoms with Crippen LogP contribution >= 0.6 is 0 Å². The van der Waals surface area contributed by atoms with Crippen LogP contribution in [0.1, 0.15) is 205 Å². The molecule has 7 rings (SSSR count). The molecule has 44 heavy (non-hydrogen) atoms. The van der Waals surface area contributed by atoms with Gasteiger partial charge in [-0.3, -0.25) is 0 Å². The Bertz CT molecular complexity index is 826. The zero-order chi connectivity index (χ0) is 29.6. The van der Waals surface area contributed by atoms with Crippen LogP contribution in [0, 0.1) is 71.0 Å². The summed E-state index contributed by atoms with van der Waals surface area (Å²) < 4.78 is 0. The van der Waals surface area contributed by atoms with Gasteiger partial charge in [-0.05, 0) is 161 Å². The number of rotatable bonds is 0. The van der Waals surface area contributed by atoms with E-state index < -0.39 is 0 Å². The van der Waals surface area contributed by atoms with E-state index in [0.717, 1.165) is 71.0 Å². The van der Waals surface area contributed by atoms with E-state index in [1.54, 1.807) is 180 Å². The Labute approximate surface area is 275 Å². The fraction of sp³-hybridized carbons (Fsp3) is 1.00. The lowest BCUT2D eigenvalue weighted by Gasteiger charge is -2.46. The standard InChI is InChI=1S/C44H76/c1-2-6-13-34-21-24-38-27-29-41-32-42-30-31-44-40(16-10-9-15-39-14-7-3-4-8-19-43(39)44)28-26-36(42)18-11-17-35(41)22-25-37(38)23-20-33(34)12-5-1/h33-44H,1-32H2. The molecule has 0 aliphatic heterocycles. The Kier molecular flexibility index (Phi) is 12.1. The maximum Gasteiger partial charge on any atom is -0.0355 e. The number of hydrogen-bond acceptors (Lipinski definition) is 0. The highest BCUT2D eigenvalue weighted by molar-refractivity contribution is 4.92. The molecule has 0 heteroatoms. The topological polar surface area (TPSA) is 0 Å². The van der Waals surface area contributed by atoms with Crippen LogP contribution in [0.25, 0.3) is 0 Å². The first-order valence-electron chi connectivity index (χ1n) is 21.8. The van der Waals surface area contributed by atoms with Crippen LogP contribution < -0.4 is 0 Å². The Hall–Kier alpha value is 0. The molecule has 7 saturated carbocycles. The molecule has 252 valence electrons. The fourth-order valence-corrected chi connectivity index (χ4v) is 14.2. The van der Waals surface area contributed by atoms with Gasteiger partial charge in [-0.15, -0.1) is 0 Å². The van der Waals surface area contributed by atoms with Crippen LogP contribution in [0.2, 0.25) is 0 Å². The molecule has 0 aromatic rings. The Morgan fingerprint density at radius 3 is 0.955 bits per heavy atom. The van der Waals surface area contributed by atoms with Crippen LogP contribution in [0.5, 0.6) is 0 Å². The maximum absolute atomic E-state index is 1.66. The highest BCUT2D eigenvalue weighted by Crippen LogP contribution is 2.52. The van der Waals surface area contributed by atoms with Crippen LogP contribution in [0.3, 0.4) is 0 Å². The molecule has 0 aromatic carbocycles. The van der Waals surface area contributed by atoms with Crippen molar-refractivity contribution in [1.29, 1.82) is 0 Å². The van der Waals surface area contributed by atoms with Gasteiger partial charge in [-0.2, -0.15) is 0 Å². The molecule has 0 heterocycles. The minimum absolute atomic E-state index is 1.09. The largest absolute Gasteiger partial charge is 0.0533 e. The predicted molar refractivity (Wildman–Crippen MR) is 190 cm³/mol. The normalized spacial score (nSPS) is 46.9. The zero-order valence-corrected chi connectivity index (χ0v) is 29.6. The maximum atomic E-state index is 1.66. The van der Waals surface area contributed by atoms with Gasteiger partial charge in [0, 0.05) is 0 Å². The molecule has 7 aliphatic rings. The van der Waals surface area contributed by atoms with Crippen molar-refractivity contribution >= 4 is 0 Å². The first-order valence-corrected chi connectivity index (χ1v) is 21.8. The second kappa shape index (κ2) is 16.4. The third-order valence-corrected chi connectivity index (χ3v) is 16.8. The van der Waals surface area contributed by atoms with E-state index in [0.29, 0.717) is 0 Å². The lowest BCUT2D eigenvalue weighted by Crippen LogP contribution is -2.36. The highest BCUT2D eigenvalue weighted by atomic mass is 14.5. The van der Waals surface area contributed by atoms with Gasteiger partial charge in [0.1, 0.15) is 0 Å². The summed E-state index contributed by atoms with van der Waals surface area (Å²) in [6.07, 6.45) is 50.9. The zero-order valence-electron chi connectivity index (χ0n) is 29.6. The number of hydrogen-bond donors (Lipinski definition) is 0. The van der Waals surface area contributed by atoms with E-state index in [9.17, 15) is 0 Å². The van der Waals surface area contributed by atoms with Crippen molar-refractivity contribution in [3.05, 3.63) is 0 Å². The third kappa shape index (κ3) is 8.16. The van der Waals surface area contributed by atoms with Gasteiger partial charge in [0.15, 0.2) is 0 Å². The Morgan fingerprint density at radius 2 is 0.432 bits per heavy atom. The molecule has 12 atom stereocenters. The molecule has 0 saturated heterocycles. The van der Waals surface area contributed by atoms with Gasteiger partial charge in [-0.1, -0.05) is 116 Å². The summed E-state index contributed by atoms with van der Waals surface area (Å²) in [5.74, 6) is 13.1. The highest BCUT2D eigenvalue weighted by Gasteiger charge is 2.41. The Morgan fingerprint density at radius 1 is 0.159 bits per heavy atom. The summed E-state index contributed by atoms with van der Waals surface area (Å²) in [6, 6.07) is 0. The molecule has 0 spiro atoms. The minimum Gasteiger partial charge on any atom is -0.0533 e.